The Hall–Kier alpha value is -1.90. The van der Waals surface area contributed by atoms with E-state index in [-0.39, 0.29) is 5.56 Å². The third-order valence-electron chi connectivity index (χ3n) is 2.54. The fourth-order valence-corrected chi connectivity index (χ4v) is 1.66. The van der Waals surface area contributed by atoms with Crippen LogP contribution < -0.4 is 5.32 Å². The number of rotatable bonds is 4. The van der Waals surface area contributed by atoms with E-state index in [1.54, 1.807) is 0 Å². The van der Waals surface area contributed by atoms with Crippen molar-refractivity contribution in [3.05, 3.63) is 65.7 Å². The van der Waals surface area contributed by atoms with E-state index in [0.29, 0.717) is 13.0 Å². The van der Waals surface area contributed by atoms with Gasteiger partial charge in [0, 0.05) is 17.8 Å². The van der Waals surface area contributed by atoms with E-state index in [2.05, 4.69) is 5.32 Å². The van der Waals surface area contributed by atoms with Crippen molar-refractivity contribution in [2.45, 2.75) is 6.42 Å². The van der Waals surface area contributed by atoms with Crippen molar-refractivity contribution in [1.29, 1.82) is 0 Å². The van der Waals surface area contributed by atoms with Crippen LogP contribution in [0.5, 0.6) is 0 Å². The smallest absolute Gasteiger partial charge is 0.129 e. The molecule has 0 radical (unpaired) electrons. The van der Waals surface area contributed by atoms with Gasteiger partial charge in [0.1, 0.15) is 11.6 Å². The van der Waals surface area contributed by atoms with E-state index in [1.165, 1.54) is 18.2 Å². The van der Waals surface area contributed by atoms with Gasteiger partial charge in [0.05, 0.1) is 0 Å². The lowest BCUT2D eigenvalue weighted by Gasteiger charge is -2.07. The third-order valence-corrected chi connectivity index (χ3v) is 2.54. The van der Waals surface area contributed by atoms with Crippen molar-refractivity contribution in [3.63, 3.8) is 0 Å². The van der Waals surface area contributed by atoms with Gasteiger partial charge < -0.3 is 5.32 Å². The first-order valence-corrected chi connectivity index (χ1v) is 5.49. The molecular weight excluding hydrogens is 220 g/mol. The molecule has 0 unspecified atom stereocenters. The molecule has 0 spiro atoms. The molecule has 0 heterocycles. The lowest BCUT2D eigenvalue weighted by molar-refractivity contribution is 0.557. The minimum Gasteiger partial charge on any atom is -0.385 e. The van der Waals surface area contributed by atoms with Gasteiger partial charge in [-0.1, -0.05) is 24.3 Å². The van der Waals surface area contributed by atoms with E-state index < -0.39 is 11.6 Å². The highest BCUT2D eigenvalue weighted by Crippen LogP contribution is 2.13. The second kappa shape index (κ2) is 5.43. The zero-order valence-corrected chi connectivity index (χ0v) is 9.29. The monoisotopic (exact) mass is 233 g/mol. The number of nitrogens with one attached hydrogen (secondary N) is 1. The zero-order chi connectivity index (χ0) is 12.1. The van der Waals surface area contributed by atoms with Crippen LogP contribution in [0.15, 0.2) is 48.5 Å². The van der Waals surface area contributed by atoms with Crippen molar-refractivity contribution in [1.82, 2.24) is 0 Å². The molecule has 88 valence electrons. The van der Waals surface area contributed by atoms with Crippen LogP contribution in [0.4, 0.5) is 14.5 Å². The molecule has 3 heteroatoms. The molecule has 0 aliphatic heterocycles. The molecule has 0 saturated carbocycles. The maximum Gasteiger partial charge on any atom is 0.129 e. The second-order valence-corrected chi connectivity index (χ2v) is 3.74. The summed E-state index contributed by atoms with van der Waals surface area (Å²) in [5.74, 6) is -0.972. The van der Waals surface area contributed by atoms with E-state index >= 15 is 0 Å². The molecule has 0 bridgehead atoms. The minimum absolute atomic E-state index is 0.135. The molecular formula is C14H13F2N. The summed E-state index contributed by atoms with van der Waals surface area (Å²) < 4.78 is 26.6. The number of hydrogen-bond donors (Lipinski definition) is 1. The molecule has 0 saturated heterocycles. The Bertz CT molecular complexity index is 463. The van der Waals surface area contributed by atoms with Gasteiger partial charge in [0.25, 0.3) is 0 Å². The molecule has 0 atom stereocenters. The van der Waals surface area contributed by atoms with E-state index in [1.807, 2.05) is 30.3 Å². The third kappa shape index (κ3) is 3.03. The lowest BCUT2D eigenvalue weighted by atomic mass is 10.1. The standard InChI is InChI=1S/C14H13F2N/c15-13-7-4-8-14(16)12(13)9-10-17-11-5-2-1-3-6-11/h1-8,17H,9-10H2. The van der Waals surface area contributed by atoms with E-state index in [4.69, 9.17) is 0 Å². The summed E-state index contributed by atoms with van der Waals surface area (Å²) in [5.41, 5.74) is 1.08. The molecule has 0 fully saturated rings. The molecule has 0 aromatic heterocycles. The summed E-state index contributed by atoms with van der Waals surface area (Å²) >= 11 is 0. The van der Waals surface area contributed by atoms with Gasteiger partial charge in [-0.2, -0.15) is 0 Å². The van der Waals surface area contributed by atoms with Gasteiger partial charge in [-0.15, -0.1) is 0 Å². The Labute approximate surface area is 99.1 Å². The van der Waals surface area contributed by atoms with Crippen molar-refractivity contribution in [2.24, 2.45) is 0 Å². The highest BCUT2D eigenvalue weighted by atomic mass is 19.1. The van der Waals surface area contributed by atoms with Crippen LogP contribution in [-0.4, -0.2) is 6.54 Å². The first-order valence-electron chi connectivity index (χ1n) is 5.49. The van der Waals surface area contributed by atoms with Crippen LogP contribution in [0.3, 0.4) is 0 Å². The molecule has 0 aliphatic rings. The summed E-state index contributed by atoms with van der Waals surface area (Å²) in [6.07, 6.45) is 0.327. The average molecular weight is 233 g/mol. The van der Waals surface area contributed by atoms with Gasteiger partial charge in [-0.05, 0) is 30.7 Å². The van der Waals surface area contributed by atoms with Crippen LogP contribution in [0, 0.1) is 11.6 Å². The Morgan fingerprint density at radius 1 is 0.824 bits per heavy atom. The van der Waals surface area contributed by atoms with Crippen molar-refractivity contribution < 1.29 is 8.78 Å². The first kappa shape index (κ1) is 11.6. The summed E-state index contributed by atoms with van der Waals surface area (Å²) in [5, 5.41) is 3.11. The molecule has 1 nitrogen and oxygen atoms in total. The predicted molar refractivity (Wildman–Crippen MR) is 65.0 cm³/mol. The molecule has 2 aromatic rings. The maximum absolute atomic E-state index is 13.3. The van der Waals surface area contributed by atoms with Crippen LogP contribution >= 0.6 is 0 Å². The molecule has 0 amide bonds. The molecule has 1 N–H and O–H groups in total. The SMILES string of the molecule is Fc1cccc(F)c1CCNc1ccccc1. The fourth-order valence-electron chi connectivity index (χ4n) is 1.66. The summed E-state index contributed by atoms with van der Waals surface area (Å²) in [4.78, 5) is 0. The van der Waals surface area contributed by atoms with Crippen molar-refractivity contribution >= 4 is 5.69 Å². The minimum atomic E-state index is -0.486. The summed E-state index contributed by atoms with van der Waals surface area (Å²) in [6.45, 7) is 0.502. The largest absolute Gasteiger partial charge is 0.385 e. The van der Waals surface area contributed by atoms with Crippen LogP contribution in [0.1, 0.15) is 5.56 Å². The highest BCUT2D eigenvalue weighted by molar-refractivity contribution is 5.42. The van der Waals surface area contributed by atoms with Gasteiger partial charge >= 0.3 is 0 Å². The van der Waals surface area contributed by atoms with Crippen LogP contribution in [-0.2, 0) is 6.42 Å². The molecule has 2 aromatic carbocycles. The topological polar surface area (TPSA) is 12.0 Å². The normalized spacial score (nSPS) is 10.2. The second-order valence-electron chi connectivity index (χ2n) is 3.74. The number of hydrogen-bond acceptors (Lipinski definition) is 1. The Morgan fingerprint density at radius 3 is 2.12 bits per heavy atom. The van der Waals surface area contributed by atoms with Crippen LogP contribution in [0.25, 0.3) is 0 Å². The average Bonchev–Trinajstić information content (AvgIpc) is 2.34. The molecule has 17 heavy (non-hydrogen) atoms. The Morgan fingerprint density at radius 2 is 1.47 bits per heavy atom. The van der Waals surface area contributed by atoms with E-state index in [0.717, 1.165) is 5.69 Å². The number of para-hydroxylation sites is 1. The number of anilines is 1. The van der Waals surface area contributed by atoms with Gasteiger partial charge in [-0.3, -0.25) is 0 Å². The van der Waals surface area contributed by atoms with Crippen LogP contribution in [0.2, 0.25) is 0 Å². The summed E-state index contributed by atoms with van der Waals surface area (Å²) in [6, 6.07) is 13.5. The number of benzene rings is 2. The predicted octanol–water partition coefficient (Wildman–Crippen LogP) is 3.62. The van der Waals surface area contributed by atoms with Gasteiger partial charge in [0.2, 0.25) is 0 Å². The summed E-state index contributed by atoms with van der Waals surface area (Å²) in [7, 11) is 0. The zero-order valence-electron chi connectivity index (χ0n) is 9.29. The van der Waals surface area contributed by atoms with Gasteiger partial charge in [0.15, 0.2) is 0 Å². The quantitative estimate of drug-likeness (QED) is 0.850. The molecule has 0 aliphatic carbocycles. The lowest BCUT2D eigenvalue weighted by Crippen LogP contribution is -2.07. The number of halogens is 2. The van der Waals surface area contributed by atoms with Crippen molar-refractivity contribution in [3.8, 4) is 0 Å². The Kier molecular flexibility index (Phi) is 3.70. The Balaban J connectivity index is 1.95. The van der Waals surface area contributed by atoms with Gasteiger partial charge in [-0.25, -0.2) is 8.78 Å². The van der Waals surface area contributed by atoms with Crippen molar-refractivity contribution in [2.75, 3.05) is 11.9 Å². The first-order chi connectivity index (χ1) is 8.27. The van der Waals surface area contributed by atoms with E-state index in [9.17, 15) is 8.78 Å². The highest BCUT2D eigenvalue weighted by Gasteiger charge is 2.07. The fraction of sp³-hybridized carbons (Fsp3) is 0.143. The maximum atomic E-state index is 13.3. The molecule has 2 rings (SSSR count).